The second kappa shape index (κ2) is 10.9. The molecule has 1 fully saturated rings. The van der Waals surface area contributed by atoms with Gasteiger partial charge in [-0.25, -0.2) is 0 Å². The lowest BCUT2D eigenvalue weighted by Crippen LogP contribution is -2.43. The molecule has 1 saturated heterocycles. The van der Waals surface area contributed by atoms with Crippen LogP contribution in [0.2, 0.25) is 0 Å². The van der Waals surface area contributed by atoms with Gasteiger partial charge in [-0.05, 0) is 66.6 Å². The number of hydrogen-bond acceptors (Lipinski definition) is 3. The van der Waals surface area contributed by atoms with Crippen LogP contribution in [0.1, 0.15) is 19.3 Å². The molecule has 1 aliphatic heterocycles. The van der Waals surface area contributed by atoms with Gasteiger partial charge in [-0.15, -0.1) is 24.8 Å². The Morgan fingerprint density at radius 2 is 2.15 bits per heavy atom. The molecule has 1 heterocycles. The standard InChI is InChI=1S/C14H21IN2O.2ClH/c15-12-4-1-6-14(10-12)18-9-3-8-17-7-2-5-13(16)11-17;;/h1,4,6,10,13H,2-3,5,7-9,11,16H2;2*1H. The van der Waals surface area contributed by atoms with E-state index in [1.807, 2.05) is 12.1 Å². The Morgan fingerprint density at radius 1 is 1.35 bits per heavy atom. The van der Waals surface area contributed by atoms with E-state index in [0.717, 1.165) is 31.9 Å². The molecule has 6 heteroatoms. The second-order valence-electron chi connectivity index (χ2n) is 4.86. The fourth-order valence-corrected chi connectivity index (χ4v) is 2.84. The smallest absolute Gasteiger partial charge is 0.120 e. The van der Waals surface area contributed by atoms with Crippen LogP contribution in [0.4, 0.5) is 0 Å². The van der Waals surface area contributed by atoms with Crippen LogP contribution in [0.3, 0.4) is 0 Å². The third-order valence-electron chi connectivity index (χ3n) is 3.23. The van der Waals surface area contributed by atoms with Crippen LogP contribution in [-0.2, 0) is 0 Å². The van der Waals surface area contributed by atoms with Gasteiger partial charge in [0.15, 0.2) is 0 Å². The molecule has 2 N–H and O–H groups in total. The van der Waals surface area contributed by atoms with Crippen molar-refractivity contribution in [3.63, 3.8) is 0 Å². The lowest BCUT2D eigenvalue weighted by molar-refractivity contribution is 0.190. The van der Waals surface area contributed by atoms with Crippen LogP contribution in [-0.4, -0.2) is 37.2 Å². The first kappa shape index (κ1) is 20.2. The molecule has 0 spiro atoms. The van der Waals surface area contributed by atoms with E-state index in [2.05, 4.69) is 39.6 Å². The highest BCUT2D eigenvalue weighted by molar-refractivity contribution is 14.1. The molecule has 0 bridgehead atoms. The van der Waals surface area contributed by atoms with Gasteiger partial charge in [0.1, 0.15) is 5.75 Å². The van der Waals surface area contributed by atoms with E-state index in [1.54, 1.807) is 0 Å². The number of ether oxygens (including phenoxy) is 1. The molecular formula is C14H23Cl2IN2O. The van der Waals surface area contributed by atoms with Crippen LogP contribution in [0, 0.1) is 3.57 Å². The Bertz CT molecular complexity index is 382. The van der Waals surface area contributed by atoms with E-state index < -0.39 is 0 Å². The van der Waals surface area contributed by atoms with E-state index in [9.17, 15) is 0 Å². The molecule has 0 radical (unpaired) electrons. The molecule has 0 saturated carbocycles. The van der Waals surface area contributed by atoms with Gasteiger partial charge in [0, 0.05) is 22.7 Å². The highest BCUT2D eigenvalue weighted by atomic mass is 127. The van der Waals surface area contributed by atoms with Gasteiger partial charge >= 0.3 is 0 Å². The number of piperidine rings is 1. The Hall–Kier alpha value is 0.250. The van der Waals surface area contributed by atoms with Crippen LogP contribution in [0.15, 0.2) is 24.3 Å². The third kappa shape index (κ3) is 7.31. The first-order valence-electron chi connectivity index (χ1n) is 6.60. The molecule has 0 amide bonds. The van der Waals surface area contributed by atoms with E-state index in [0.29, 0.717) is 6.04 Å². The summed E-state index contributed by atoms with van der Waals surface area (Å²) in [7, 11) is 0. The first-order chi connectivity index (χ1) is 8.74. The molecule has 1 aromatic rings. The zero-order chi connectivity index (χ0) is 12.8. The number of nitrogens with two attached hydrogens (primary N) is 1. The molecule has 3 nitrogen and oxygen atoms in total. The summed E-state index contributed by atoms with van der Waals surface area (Å²) in [5.41, 5.74) is 5.96. The van der Waals surface area contributed by atoms with Gasteiger partial charge in [0.05, 0.1) is 6.61 Å². The van der Waals surface area contributed by atoms with Gasteiger partial charge < -0.3 is 15.4 Å². The van der Waals surface area contributed by atoms with Crippen molar-refractivity contribution in [3.8, 4) is 5.75 Å². The number of rotatable bonds is 5. The fourth-order valence-electron chi connectivity index (χ4n) is 2.33. The molecule has 1 aliphatic rings. The average molecular weight is 433 g/mol. The van der Waals surface area contributed by atoms with Crippen molar-refractivity contribution in [2.45, 2.75) is 25.3 Å². The van der Waals surface area contributed by atoms with Crippen molar-refractivity contribution < 1.29 is 4.74 Å². The monoisotopic (exact) mass is 432 g/mol. The van der Waals surface area contributed by atoms with Crippen LogP contribution in [0.25, 0.3) is 0 Å². The Labute approximate surface area is 147 Å². The molecule has 2 rings (SSSR count). The molecule has 0 aromatic heterocycles. The normalized spacial score (nSPS) is 18.8. The summed E-state index contributed by atoms with van der Waals surface area (Å²) in [6, 6.07) is 8.55. The zero-order valence-electron chi connectivity index (χ0n) is 11.5. The van der Waals surface area contributed by atoms with Crippen molar-refractivity contribution in [1.29, 1.82) is 0 Å². The van der Waals surface area contributed by atoms with E-state index in [4.69, 9.17) is 10.5 Å². The fraction of sp³-hybridized carbons (Fsp3) is 0.571. The number of hydrogen-bond donors (Lipinski definition) is 1. The van der Waals surface area contributed by atoms with Gasteiger partial charge in [-0.1, -0.05) is 6.07 Å². The zero-order valence-corrected chi connectivity index (χ0v) is 15.3. The van der Waals surface area contributed by atoms with Crippen molar-refractivity contribution in [2.24, 2.45) is 5.73 Å². The highest BCUT2D eigenvalue weighted by Gasteiger charge is 2.15. The number of halogens is 3. The summed E-state index contributed by atoms with van der Waals surface area (Å²) >= 11 is 2.30. The maximum Gasteiger partial charge on any atom is 0.120 e. The number of likely N-dealkylation sites (tertiary alicyclic amines) is 1. The van der Waals surface area contributed by atoms with Crippen LogP contribution < -0.4 is 10.5 Å². The highest BCUT2D eigenvalue weighted by Crippen LogP contribution is 2.15. The molecule has 116 valence electrons. The summed E-state index contributed by atoms with van der Waals surface area (Å²) in [6.45, 7) is 4.11. The second-order valence-corrected chi connectivity index (χ2v) is 6.11. The van der Waals surface area contributed by atoms with E-state index in [1.165, 1.54) is 23.0 Å². The van der Waals surface area contributed by atoms with Gasteiger partial charge in [0.25, 0.3) is 0 Å². The van der Waals surface area contributed by atoms with Gasteiger partial charge in [0.2, 0.25) is 0 Å². The SMILES string of the molecule is Cl.Cl.NC1CCCN(CCCOc2cccc(I)c2)C1. The average Bonchev–Trinajstić information content (AvgIpc) is 2.35. The van der Waals surface area contributed by atoms with E-state index >= 15 is 0 Å². The molecule has 20 heavy (non-hydrogen) atoms. The Balaban J connectivity index is 0.00000180. The van der Waals surface area contributed by atoms with E-state index in [-0.39, 0.29) is 24.8 Å². The summed E-state index contributed by atoms with van der Waals surface area (Å²) in [5, 5.41) is 0. The molecular weight excluding hydrogens is 410 g/mol. The Kier molecular flexibility index (Phi) is 11.0. The third-order valence-corrected chi connectivity index (χ3v) is 3.90. The maximum atomic E-state index is 5.96. The first-order valence-corrected chi connectivity index (χ1v) is 7.68. The largest absolute Gasteiger partial charge is 0.494 e. The minimum absolute atomic E-state index is 0. The summed E-state index contributed by atoms with van der Waals surface area (Å²) in [4.78, 5) is 2.45. The topological polar surface area (TPSA) is 38.5 Å². The summed E-state index contributed by atoms with van der Waals surface area (Å²) in [5.74, 6) is 0.970. The summed E-state index contributed by atoms with van der Waals surface area (Å²) < 4.78 is 6.96. The number of benzene rings is 1. The van der Waals surface area contributed by atoms with Crippen molar-refractivity contribution in [2.75, 3.05) is 26.2 Å². The van der Waals surface area contributed by atoms with Crippen molar-refractivity contribution in [3.05, 3.63) is 27.8 Å². The van der Waals surface area contributed by atoms with Gasteiger partial charge in [-0.2, -0.15) is 0 Å². The van der Waals surface area contributed by atoms with Gasteiger partial charge in [-0.3, -0.25) is 0 Å². The van der Waals surface area contributed by atoms with Crippen molar-refractivity contribution in [1.82, 2.24) is 4.90 Å². The van der Waals surface area contributed by atoms with Crippen molar-refractivity contribution >= 4 is 47.4 Å². The molecule has 1 unspecified atom stereocenters. The molecule has 1 atom stereocenters. The predicted molar refractivity (Wildman–Crippen MR) is 97.4 cm³/mol. The lowest BCUT2D eigenvalue weighted by atomic mass is 10.1. The number of nitrogens with zero attached hydrogens (tertiary/aromatic N) is 1. The molecule has 1 aromatic carbocycles. The lowest BCUT2D eigenvalue weighted by Gasteiger charge is -2.30. The molecule has 0 aliphatic carbocycles. The quantitative estimate of drug-likeness (QED) is 0.572. The maximum absolute atomic E-state index is 5.96. The van der Waals surface area contributed by atoms with Crippen LogP contribution in [0.5, 0.6) is 5.75 Å². The Morgan fingerprint density at radius 3 is 2.85 bits per heavy atom. The minimum Gasteiger partial charge on any atom is -0.494 e. The van der Waals surface area contributed by atoms with Crippen LogP contribution >= 0.6 is 47.4 Å². The summed E-state index contributed by atoms with van der Waals surface area (Å²) in [6.07, 6.45) is 3.48. The minimum atomic E-state index is 0. The predicted octanol–water partition coefficient (Wildman–Crippen LogP) is 3.33.